The van der Waals surface area contributed by atoms with E-state index in [0.717, 1.165) is 5.69 Å². The van der Waals surface area contributed by atoms with Crippen molar-refractivity contribution in [2.75, 3.05) is 13.1 Å². The van der Waals surface area contributed by atoms with Crippen LogP contribution >= 0.6 is 0 Å². The molecule has 6 nitrogen and oxygen atoms in total. The number of nitrogens with zero attached hydrogens (tertiary/aromatic N) is 2. The number of ether oxygens (including phenoxy) is 1. The molecule has 2 rings (SSSR count). The summed E-state index contributed by atoms with van der Waals surface area (Å²) in [6.07, 6.45) is 2.67. The van der Waals surface area contributed by atoms with Crippen molar-refractivity contribution >= 4 is 12.1 Å². The third-order valence-corrected chi connectivity index (χ3v) is 3.93. The highest BCUT2D eigenvalue weighted by molar-refractivity contribution is 5.77. The SMILES string of the molecule is CC(C)(C)OC(=O)N1CCCC(Cc2ccccn2)(C(=O)O)C1. The second-order valence-electron chi connectivity index (χ2n) is 7.09. The maximum atomic E-state index is 12.3. The zero-order valence-electron chi connectivity index (χ0n) is 13.9. The van der Waals surface area contributed by atoms with Crippen LogP contribution in [0.1, 0.15) is 39.3 Å². The Morgan fingerprint density at radius 2 is 2.13 bits per heavy atom. The van der Waals surface area contributed by atoms with Gasteiger partial charge < -0.3 is 14.7 Å². The molecule has 0 spiro atoms. The highest BCUT2D eigenvalue weighted by atomic mass is 16.6. The van der Waals surface area contributed by atoms with Gasteiger partial charge in [0.25, 0.3) is 0 Å². The first-order chi connectivity index (χ1) is 10.7. The fourth-order valence-corrected chi connectivity index (χ4v) is 2.86. The third-order valence-electron chi connectivity index (χ3n) is 3.93. The van der Waals surface area contributed by atoms with Gasteiger partial charge in [-0.1, -0.05) is 6.07 Å². The molecule has 1 aliphatic heterocycles. The summed E-state index contributed by atoms with van der Waals surface area (Å²) in [7, 11) is 0. The molecule has 0 bridgehead atoms. The molecular weight excluding hydrogens is 296 g/mol. The normalized spacial score (nSPS) is 21.8. The number of aromatic nitrogens is 1. The van der Waals surface area contributed by atoms with Crippen LogP contribution in [0, 0.1) is 5.41 Å². The quantitative estimate of drug-likeness (QED) is 0.926. The molecule has 1 N–H and O–H groups in total. The van der Waals surface area contributed by atoms with Crippen LogP contribution in [0.3, 0.4) is 0 Å². The van der Waals surface area contributed by atoms with Gasteiger partial charge in [-0.3, -0.25) is 9.78 Å². The summed E-state index contributed by atoms with van der Waals surface area (Å²) in [4.78, 5) is 29.9. The summed E-state index contributed by atoms with van der Waals surface area (Å²) in [5.74, 6) is -0.892. The fraction of sp³-hybridized carbons (Fsp3) is 0.588. The number of carboxylic acid groups (broad SMARTS) is 1. The maximum absolute atomic E-state index is 12.3. The summed E-state index contributed by atoms with van der Waals surface area (Å²) in [5.41, 5.74) is -0.883. The van der Waals surface area contributed by atoms with E-state index in [9.17, 15) is 14.7 Å². The van der Waals surface area contributed by atoms with Crippen LogP contribution in [0.25, 0.3) is 0 Å². The zero-order chi connectivity index (χ0) is 17.1. The average molecular weight is 320 g/mol. The molecule has 1 unspecified atom stereocenters. The molecule has 23 heavy (non-hydrogen) atoms. The van der Waals surface area contributed by atoms with Crippen LogP contribution in [0.4, 0.5) is 4.79 Å². The molecule has 0 saturated carbocycles. The van der Waals surface area contributed by atoms with Crippen molar-refractivity contribution in [3.05, 3.63) is 30.1 Å². The van der Waals surface area contributed by atoms with Crippen molar-refractivity contribution in [3.8, 4) is 0 Å². The molecule has 1 aromatic heterocycles. The van der Waals surface area contributed by atoms with Crippen molar-refractivity contribution in [2.24, 2.45) is 5.41 Å². The zero-order valence-corrected chi connectivity index (χ0v) is 13.9. The number of hydrogen-bond acceptors (Lipinski definition) is 4. The van der Waals surface area contributed by atoms with Gasteiger partial charge in [-0.15, -0.1) is 0 Å². The smallest absolute Gasteiger partial charge is 0.410 e. The number of likely N-dealkylation sites (tertiary alicyclic amines) is 1. The van der Waals surface area contributed by atoms with Gasteiger partial charge in [-0.05, 0) is 45.7 Å². The van der Waals surface area contributed by atoms with Crippen LogP contribution in [0.2, 0.25) is 0 Å². The van der Waals surface area contributed by atoms with Gasteiger partial charge in [0, 0.05) is 31.4 Å². The number of rotatable bonds is 3. The molecule has 0 aliphatic carbocycles. The van der Waals surface area contributed by atoms with Gasteiger partial charge in [0.1, 0.15) is 5.60 Å². The number of piperidine rings is 1. The van der Waals surface area contributed by atoms with Gasteiger partial charge in [0.2, 0.25) is 0 Å². The van der Waals surface area contributed by atoms with Crippen LogP contribution in [-0.4, -0.2) is 45.7 Å². The van der Waals surface area contributed by atoms with Gasteiger partial charge >= 0.3 is 12.1 Å². The first-order valence-electron chi connectivity index (χ1n) is 7.83. The molecule has 6 heteroatoms. The minimum absolute atomic E-state index is 0.147. The standard InChI is InChI=1S/C17H24N2O4/c1-16(2,3)23-15(22)19-10-6-8-17(12-19,14(20)21)11-13-7-4-5-9-18-13/h4-5,7,9H,6,8,10-12H2,1-3H3,(H,20,21). The summed E-state index contributed by atoms with van der Waals surface area (Å²) >= 11 is 0. The molecule has 1 atom stereocenters. The monoisotopic (exact) mass is 320 g/mol. The molecule has 126 valence electrons. The third kappa shape index (κ3) is 4.43. The van der Waals surface area contributed by atoms with Gasteiger partial charge in [-0.25, -0.2) is 4.79 Å². The number of amides is 1. The van der Waals surface area contributed by atoms with Gasteiger partial charge in [0.15, 0.2) is 0 Å². The van der Waals surface area contributed by atoms with Gasteiger partial charge in [0.05, 0.1) is 5.41 Å². The minimum atomic E-state index is -1.01. The van der Waals surface area contributed by atoms with Crippen molar-refractivity contribution in [2.45, 2.75) is 45.6 Å². The van der Waals surface area contributed by atoms with Crippen molar-refractivity contribution < 1.29 is 19.4 Å². The highest BCUT2D eigenvalue weighted by Gasteiger charge is 2.44. The molecule has 1 amide bonds. The Kier molecular flexibility index (Phi) is 4.92. The first-order valence-corrected chi connectivity index (χ1v) is 7.83. The van der Waals surface area contributed by atoms with Crippen molar-refractivity contribution in [1.29, 1.82) is 0 Å². The van der Waals surface area contributed by atoms with Crippen molar-refractivity contribution in [3.63, 3.8) is 0 Å². The van der Waals surface area contributed by atoms with E-state index in [1.165, 1.54) is 4.90 Å². The van der Waals surface area contributed by atoms with E-state index in [0.29, 0.717) is 25.8 Å². The summed E-state index contributed by atoms with van der Waals surface area (Å²) in [6, 6.07) is 5.45. The molecular formula is C17H24N2O4. The summed E-state index contributed by atoms with van der Waals surface area (Å²) < 4.78 is 5.38. The predicted octanol–water partition coefficient (Wildman–Crippen LogP) is 2.73. The number of carbonyl (C=O) groups is 2. The number of hydrogen-bond donors (Lipinski definition) is 1. The maximum Gasteiger partial charge on any atom is 0.410 e. The van der Waals surface area contributed by atoms with Crippen LogP contribution in [-0.2, 0) is 16.0 Å². The molecule has 1 fully saturated rings. The summed E-state index contributed by atoms with van der Waals surface area (Å²) in [5, 5.41) is 9.78. The van der Waals surface area contributed by atoms with Crippen LogP contribution in [0.15, 0.2) is 24.4 Å². The van der Waals surface area contributed by atoms with Gasteiger partial charge in [-0.2, -0.15) is 0 Å². The Labute approximate surface area is 136 Å². The highest BCUT2D eigenvalue weighted by Crippen LogP contribution is 2.34. The lowest BCUT2D eigenvalue weighted by Gasteiger charge is -2.40. The Bertz CT molecular complexity index is 568. The Morgan fingerprint density at radius 1 is 1.39 bits per heavy atom. The van der Waals surface area contributed by atoms with E-state index in [-0.39, 0.29) is 6.54 Å². The van der Waals surface area contributed by atoms with Crippen LogP contribution < -0.4 is 0 Å². The van der Waals surface area contributed by atoms with E-state index < -0.39 is 23.1 Å². The lowest BCUT2D eigenvalue weighted by Crippen LogP contribution is -2.52. The molecule has 0 aromatic carbocycles. The number of pyridine rings is 1. The van der Waals surface area contributed by atoms with E-state index >= 15 is 0 Å². The van der Waals surface area contributed by atoms with E-state index in [1.54, 1.807) is 33.0 Å². The van der Waals surface area contributed by atoms with E-state index in [1.807, 2.05) is 12.1 Å². The number of carboxylic acids is 1. The lowest BCUT2D eigenvalue weighted by molar-refractivity contribution is -0.152. The Hall–Kier alpha value is -2.11. The molecule has 1 aliphatic rings. The Balaban J connectivity index is 2.17. The van der Waals surface area contributed by atoms with Crippen molar-refractivity contribution in [1.82, 2.24) is 9.88 Å². The Morgan fingerprint density at radius 3 is 2.70 bits per heavy atom. The summed E-state index contributed by atoms with van der Waals surface area (Å²) in [6.45, 7) is 6.06. The average Bonchev–Trinajstić information content (AvgIpc) is 2.46. The second-order valence-corrected chi connectivity index (χ2v) is 7.09. The minimum Gasteiger partial charge on any atom is -0.481 e. The molecule has 2 heterocycles. The first kappa shape index (κ1) is 17.2. The number of aliphatic carboxylic acids is 1. The fourth-order valence-electron chi connectivity index (χ4n) is 2.86. The van der Waals surface area contributed by atoms with E-state index in [4.69, 9.17) is 4.74 Å². The second kappa shape index (κ2) is 6.56. The molecule has 1 saturated heterocycles. The topological polar surface area (TPSA) is 79.7 Å². The van der Waals surface area contributed by atoms with Crippen LogP contribution in [0.5, 0.6) is 0 Å². The number of carbonyl (C=O) groups excluding carboxylic acids is 1. The predicted molar refractivity (Wildman–Crippen MR) is 85.1 cm³/mol. The lowest BCUT2D eigenvalue weighted by atomic mass is 9.76. The van der Waals surface area contributed by atoms with E-state index in [2.05, 4.69) is 4.98 Å². The molecule has 0 radical (unpaired) electrons. The largest absolute Gasteiger partial charge is 0.481 e. The molecule has 1 aromatic rings.